The van der Waals surface area contributed by atoms with Crippen molar-refractivity contribution >= 4 is 33.6 Å². The molecule has 0 saturated carbocycles. The molecule has 2 aliphatic rings. The number of nitrogens with one attached hydrogen (secondary N) is 1. The van der Waals surface area contributed by atoms with Crippen molar-refractivity contribution in [3.63, 3.8) is 0 Å². The van der Waals surface area contributed by atoms with Crippen LogP contribution in [0.4, 0.5) is 5.69 Å². The normalized spacial score (nSPS) is 19.2. The third kappa shape index (κ3) is 5.00. The zero-order valence-electron chi connectivity index (χ0n) is 18.8. The minimum Gasteiger partial charge on any atom is -0.326 e. The number of sulfonamides is 1. The van der Waals surface area contributed by atoms with Crippen LogP contribution in [0, 0.1) is 0 Å². The summed E-state index contributed by atoms with van der Waals surface area (Å²) in [4.78, 5) is 28.8. The highest BCUT2D eigenvalue weighted by molar-refractivity contribution is 7.89. The number of fused-ring (bicyclic) bond motifs is 1. The molecular formula is C24H28N4O4S. The van der Waals surface area contributed by atoms with Gasteiger partial charge in [0.2, 0.25) is 21.8 Å². The summed E-state index contributed by atoms with van der Waals surface area (Å²) in [5.74, 6) is -0.400. The quantitative estimate of drug-likeness (QED) is 0.728. The first-order chi connectivity index (χ1) is 15.8. The van der Waals surface area contributed by atoms with Gasteiger partial charge in [-0.25, -0.2) is 8.42 Å². The number of hydrogen-bond acceptors (Lipinski definition) is 5. The van der Waals surface area contributed by atoms with E-state index in [1.807, 2.05) is 37.4 Å². The van der Waals surface area contributed by atoms with Crippen molar-refractivity contribution in [2.75, 3.05) is 38.5 Å². The summed E-state index contributed by atoms with van der Waals surface area (Å²) in [5, 5.41) is 2.83. The zero-order valence-corrected chi connectivity index (χ0v) is 19.6. The minimum absolute atomic E-state index is 0.0856. The monoisotopic (exact) mass is 468 g/mol. The Kier molecular flexibility index (Phi) is 6.64. The molecule has 1 atom stereocenters. The molecule has 33 heavy (non-hydrogen) atoms. The fraction of sp³-hybridized carbons (Fsp3) is 0.333. The lowest BCUT2D eigenvalue weighted by atomic mass is 9.93. The second-order valence-corrected chi connectivity index (χ2v) is 10.3. The molecule has 2 aromatic rings. The Morgan fingerprint density at radius 2 is 1.67 bits per heavy atom. The van der Waals surface area contributed by atoms with E-state index >= 15 is 0 Å². The van der Waals surface area contributed by atoms with Gasteiger partial charge in [0.25, 0.3) is 0 Å². The molecule has 2 aromatic carbocycles. The summed E-state index contributed by atoms with van der Waals surface area (Å²) >= 11 is 0. The lowest BCUT2D eigenvalue weighted by Crippen LogP contribution is -2.46. The second kappa shape index (κ2) is 9.46. The number of nitrogens with zero attached hydrogens (tertiary/aromatic N) is 3. The minimum atomic E-state index is -3.56. The summed E-state index contributed by atoms with van der Waals surface area (Å²) in [6.45, 7) is 3.79. The standard InChI is InChI=1S/C24H28N4O4S/c1-18(29)28-12-11-19-5-3-4-6-22(19)23(28)17-24(30)25-20-7-9-21(10-8-20)33(31,32)27-15-13-26(2)14-16-27/h3-12,23H,13-17H2,1-2H3,(H,25,30). The predicted molar refractivity (Wildman–Crippen MR) is 127 cm³/mol. The zero-order chi connectivity index (χ0) is 23.6. The topological polar surface area (TPSA) is 90.0 Å². The van der Waals surface area contributed by atoms with Gasteiger partial charge in [-0.15, -0.1) is 0 Å². The first-order valence-electron chi connectivity index (χ1n) is 10.9. The molecule has 9 heteroatoms. The van der Waals surface area contributed by atoms with E-state index in [-0.39, 0.29) is 23.1 Å². The van der Waals surface area contributed by atoms with Crippen LogP contribution in [-0.4, -0.2) is 67.6 Å². The van der Waals surface area contributed by atoms with Crippen molar-refractivity contribution in [1.29, 1.82) is 0 Å². The number of benzene rings is 2. The van der Waals surface area contributed by atoms with Crippen molar-refractivity contribution in [1.82, 2.24) is 14.1 Å². The molecule has 0 radical (unpaired) electrons. The van der Waals surface area contributed by atoms with Crippen molar-refractivity contribution < 1.29 is 18.0 Å². The van der Waals surface area contributed by atoms with Crippen molar-refractivity contribution in [3.05, 3.63) is 65.9 Å². The molecule has 8 nitrogen and oxygen atoms in total. The first kappa shape index (κ1) is 23.2. The maximum atomic E-state index is 12.9. The Balaban J connectivity index is 1.45. The van der Waals surface area contributed by atoms with E-state index in [0.29, 0.717) is 31.9 Å². The number of carbonyl (C=O) groups excluding carboxylic acids is 2. The molecule has 0 aromatic heterocycles. The maximum absolute atomic E-state index is 12.9. The molecule has 1 saturated heterocycles. The summed E-state index contributed by atoms with van der Waals surface area (Å²) in [7, 11) is -1.59. The smallest absolute Gasteiger partial charge is 0.243 e. The van der Waals surface area contributed by atoms with Crippen LogP contribution in [0.25, 0.3) is 6.08 Å². The fourth-order valence-electron chi connectivity index (χ4n) is 4.19. The third-order valence-electron chi connectivity index (χ3n) is 6.09. The maximum Gasteiger partial charge on any atom is 0.243 e. The van der Waals surface area contributed by atoms with Crippen LogP contribution in [-0.2, 0) is 19.6 Å². The van der Waals surface area contributed by atoms with Gasteiger partial charge in [0.1, 0.15) is 0 Å². The molecule has 174 valence electrons. The molecule has 2 heterocycles. The molecule has 1 N–H and O–H groups in total. The lowest BCUT2D eigenvalue weighted by Gasteiger charge is -2.32. The van der Waals surface area contributed by atoms with Gasteiger partial charge in [0, 0.05) is 45.0 Å². The summed E-state index contributed by atoms with van der Waals surface area (Å²) < 4.78 is 27.3. The summed E-state index contributed by atoms with van der Waals surface area (Å²) in [5.41, 5.74) is 2.40. The van der Waals surface area contributed by atoms with Gasteiger partial charge < -0.3 is 15.1 Å². The van der Waals surface area contributed by atoms with E-state index in [2.05, 4.69) is 10.2 Å². The van der Waals surface area contributed by atoms with Crippen molar-refractivity contribution in [2.24, 2.45) is 0 Å². The van der Waals surface area contributed by atoms with Crippen LogP contribution < -0.4 is 5.32 Å². The first-order valence-corrected chi connectivity index (χ1v) is 12.3. The molecule has 4 rings (SSSR count). The van der Waals surface area contributed by atoms with Crippen LogP contribution in [0.3, 0.4) is 0 Å². The predicted octanol–water partition coefficient (Wildman–Crippen LogP) is 2.53. The summed E-state index contributed by atoms with van der Waals surface area (Å²) in [6, 6.07) is 13.5. The number of likely N-dealkylation sites (N-methyl/N-ethyl adjacent to an activating group) is 1. The van der Waals surface area contributed by atoms with Crippen molar-refractivity contribution in [3.8, 4) is 0 Å². The van der Waals surface area contributed by atoms with E-state index < -0.39 is 16.1 Å². The Hall–Kier alpha value is -3.01. The molecule has 0 bridgehead atoms. The Morgan fingerprint density at radius 3 is 2.33 bits per heavy atom. The highest BCUT2D eigenvalue weighted by Gasteiger charge is 2.29. The molecule has 1 unspecified atom stereocenters. The van der Waals surface area contributed by atoms with Gasteiger partial charge in [0.05, 0.1) is 17.4 Å². The van der Waals surface area contributed by atoms with Crippen LogP contribution in [0.1, 0.15) is 30.5 Å². The Bertz CT molecular complexity index is 1170. The number of amides is 2. The number of rotatable bonds is 5. The highest BCUT2D eigenvalue weighted by atomic mass is 32.2. The van der Waals surface area contributed by atoms with Crippen LogP contribution in [0.15, 0.2) is 59.6 Å². The number of hydrogen-bond donors (Lipinski definition) is 1. The fourth-order valence-corrected chi connectivity index (χ4v) is 5.61. The second-order valence-electron chi connectivity index (χ2n) is 8.37. The number of carbonyl (C=O) groups is 2. The Morgan fingerprint density at radius 1 is 1.00 bits per heavy atom. The van der Waals surface area contributed by atoms with Gasteiger partial charge >= 0.3 is 0 Å². The van der Waals surface area contributed by atoms with E-state index in [1.165, 1.54) is 23.4 Å². The van der Waals surface area contributed by atoms with Gasteiger partial charge in [-0.1, -0.05) is 24.3 Å². The van der Waals surface area contributed by atoms with Gasteiger partial charge in [-0.3, -0.25) is 9.59 Å². The summed E-state index contributed by atoms with van der Waals surface area (Å²) in [6.07, 6.45) is 3.66. The van der Waals surface area contributed by atoms with E-state index in [9.17, 15) is 18.0 Å². The van der Waals surface area contributed by atoms with Gasteiger partial charge in [0.15, 0.2) is 0 Å². The SMILES string of the molecule is CC(=O)N1C=Cc2ccccc2C1CC(=O)Nc1ccc(S(=O)(=O)N2CCN(C)CC2)cc1. The van der Waals surface area contributed by atoms with Crippen LogP contribution in [0.5, 0.6) is 0 Å². The highest BCUT2D eigenvalue weighted by Crippen LogP contribution is 2.33. The van der Waals surface area contributed by atoms with Crippen molar-refractivity contribution in [2.45, 2.75) is 24.3 Å². The van der Waals surface area contributed by atoms with E-state index in [0.717, 1.165) is 11.1 Å². The number of anilines is 1. The molecule has 2 amide bonds. The number of piperazine rings is 1. The molecular weight excluding hydrogens is 440 g/mol. The average Bonchev–Trinajstić information content (AvgIpc) is 2.79. The molecule has 0 aliphatic carbocycles. The van der Waals surface area contributed by atoms with Gasteiger partial charge in [-0.2, -0.15) is 4.31 Å². The lowest BCUT2D eigenvalue weighted by molar-refractivity contribution is -0.129. The van der Waals surface area contributed by atoms with Crippen LogP contribution in [0.2, 0.25) is 0 Å². The van der Waals surface area contributed by atoms with E-state index in [4.69, 9.17) is 0 Å². The third-order valence-corrected chi connectivity index (χ3v) is 8.00. The Labute approximate surface area is 194 Å². The van der Waals surface area contributed by atoms with Gasteiger partial charge in [-0.05, 0) is 48.5 Å². The van der Waals surface area contributed by atoms with Crippen LogP contribution >= 0.6 is 0 Å². The molecule has 1 fully saturated rings. The molecule has 2 aliphatic heterocycles. The molecule has 0 spiro atoms. The van der Waals surface area contributed by atoms with E-state index in [1.54, 1.807) is 23.2 Å². The largest absolute Gasteiger partial charge is 0.326 e. The average molecular weight is 469 g/mol.